The molecule has 0 fully saturated rings. The molecule has 0 spiro atoms. The van der Waals surface area contributed by atoms with Crippen molar-refractivity contribution in [3.05, 3.63) is 0 Å². The molecule has 0 aromatic carbocycles. The van der Waals surface area contributed by atoms with Crippen LogP contribution in [0.2, 0.25) is 0 Å². The highest BCUT2D eigenvalue weighted by Crippen LogP contribution is 2.15. The Morgan fingerprint density at radius 3 is 1.56 bits per heavy atom. The quantitative estimate of drug-likeness (QED) is 0.131. The third-order valence-corrected chi connectivity index (χ3v) is 6.37. The number of hydrogen-bond donors (Lipinski definition) is 1. The molecule has 5 heteroatoms. The first-order valence-corrected chi connectivity index (χ1v) is 14.3. The highest BCUT2D eigenvalue weighted by atomic mass is 16.6. The Bertz CT molecular complexity index is 501. The van der Waals surface area contributed by atoms with Gasteiger partial charge in [0, 0.05) is 0 Å². The van der Waals surface area contributed by atoms with Crippen LogP contribution >= 0.6 is 0 Å². The molecule has 2 atom stereocenters. The van der Waals surface area contributed by atoms with Gasteiger partial charge in [-0.1, -0.05) is 138 Å². The van der Waals surface area contributed by atoms with Gasteiger partial charge in [0.2, 0.25) is 0 Å². The van der Waals surface area contributed by atoms with Crippen molar-refractivity contribution in [2.24, 2.45) is 11.3 Å². The molecule has 5 nitrogen and oxygen atoms in total. The average Bonchev–Trinajstić information content (AvgIpc) is 2.79. The Morgan fingerprint density at radius 2 is 1.15 bits per heavy atom. The molecule has 0 aliphatic rings. The second-order valence-electron chi connectivity index (χ2n) is 11.3. The molecule has 0 rings (SSSR count). The highest BCUT2D eigenvalue weighted by molar-refractivity contribution is 5.81. The summed E-state index contributed by atoms with van der Waals surface area (Å²) in [6, 6.07) is -0.659. The van der Waals surface area contributed by atoms with Crippen LogP contribution < -0.4 is 5.32 Å². The van der Waals surface area contributed by atoms with Gasteiger partial charge in [0.1, 0.15) is 6.04 Å². The molecule has 0 radical (unpaired) electrons. The summed E-state index contributed by atoms with van der Waals surface area (Å²) in [6.45, 7) is 12.9. The van der Waals surface area contributed by atoms with E-state index in [9.17, 15) is 9.59 Å². The molecule has 0 saturated heterocycles. The van der Waals surface area contributed by atoms with Crippen molar-refractivity contribution >= 4 is 12.1 Å². The molecule has 0 aliphatic carbocycles. The van der Waals surface area contributed by atoms with Crippen LogP contribution in [0.3, 0.4) is 0 Å². The predicted octanol–water partition coefficient (Wildman–Crippen LogP) is 8.59. The normalized spacial score (nSPS) is 13.4. The van der Waals surface area contributed by atoms with Gasteiger partial charge >= 0.3 is 12.1 Å². The maximum atomic E-state index is 12.5. The Hall–Kier alpha value is -1.26. The predicted molar refractivity (Wildman–Crippen MR) is 143 cm³/mol. The first-order valence-electron chi connectivity index (χ1n) is 14.3. The smallest absolute Gasteiger partial charge is 0.407 e. The van der Waals surface area contributed by atoms with Crippen LogP contribution in [-0.4, -0.2) is 31.3 Å². The van der Waals surface area contributed by atoms with Crippen LogP contribution in [0.5, 0.6) is 0 Å². The summed E-state index contributed by atoms with van der Waals surface area (Å²) in [4.78, 5) is 24.6. The molecule has 0 aromatic heterocycles. The van der Waals surface area contributed by atoms with E-state index in [0.717, 1.165) is 19.3 Å². The number of amides is 1. The zero-order chi connectivity index (χ0) is 25.7. The van der Waals surface area contributed by atoms with Gasteiger partial charge in [0.05, 0.1) is 13.2 Å². The number of carbonyl (C=O) groups is 2. The van der Waals surface area contributed by atoms with Crippen LogP contribution in [0.1, 0.15) is 144 Å². The van der Waals surface area contributed by atoms with Gasteiger partial charge in [0.25, 0.3) is 0 Å². The van der Waals surface area contributed by atoms with E-state index >= 15 is 0 Å². The van der Waals surface area contributed by atoms with E-state index in [2.05, 4.69) is 12.2 Å². The minimum Gasteiger partial charge on any atom is -0.464 e. The van der Waals surface area contributed by atoms with Crippen LogP contribution in [0.15, 0.2) is 0 Å². The second-order valence-corrected chi connectivity index (χ2v) is 11.3. The van der Waals surface area contributed by atoms with Gasteiger partial charge in [-0.3, -0.25) is 0 Å². The van der Waals surface area contributed by atoms with Crippen LogP contribution in [0.4, 0.5) is 4.79 Å². The Morgan fingerprint density at radius 1 is 0.706 bits per heavy atom. The van der Waals surface area contributed by atoms with E-state index in [0.29, 0.717) is 13.2 Å². The number of unbranched alkanes of at least 4 members (excludes halogenated alkanes) is 14. The average molecular weight is 484 g/mol. The van der Waals surface area contributed by atoms with Gasteiger partial charge in [-0.05, 0) is 17.8 Å². The SMILES string of the molecule is CCCCCCCCCCCCCCCCCOC(=O)C(NC(=O)OCC(C)(C)C)C(C)CC. The van der Waals surface area contributed by atoms with Crippen molar-refractivity contribution in [1.29, 1.82) is 0 Å². The van der Waals surface area contributed by atoms with Crippen molar-refractivity contribution in [2.45, 2.75) is 150 Å². The molecule has 0 heterocycles. The van der Waals surface area contributed by atoms with Gasteiger partial charge in [-0.25, -0.2) is 9.59 Å². The van der Waals surface area contributed by atoms with Crippen LogP contribution in [0.25, 0.3) is 0 Å². The Labute approximate surface area is 211 Å². The monoisotopic (exact) mass is 483 g/mol. The maximum Gasteiger partial charge on any atom is 0.407 e. The number of alkyl carbamates (subject to hydrolysis) is 1. The number of rotatable bonds is 21. The maximum absolute atomic E-state index is 12.5. The topological polar surface area (TPSA) is 64.6 Å². The fourth-order valence-corrected chi connectivity index (χ4v) is 3.86. The zero-order valence-electron chi connectivity index (χ0n) is 23.5. The number of esters is 1. The van der Waals surface area contributed by atoms with Crippen molar-refractivity contribution in [3.8, 4) is 0 Å². The molecule has 34 heavy (non-hydrogen) atoms. The highest BCUT2D eigenvalue weighted by Gasteiger charge is 2.28. The van der Waals surface area contributed by atoms with Crippen LogP contribution in [0, 0.1) is 11.3 Å². The van der Waals surface area contributed by atoms with Gasteiger partial charge in [-0.2, -0.15) is 0 Å². The molecule has 1 N–H and O–H groups in total. The van der Waals surface area contributed by atoms with Gasteiger partial charge < -0.3 is 14.8 Å². The molecule has 2 unspecified atom stereocenters. The summed E-state index contributed by atoms with van der Waals surface area (Å²) < 4.78 is 10.7. The van der Waals surface area contributed by atoms with Crippen molar-refractivity contribution in [2.75, 3.05) is 13.2 Å². The lowest BCUT2D eigenvalue weighted by molar-refractivity contribution is -0.147. The number of carbonyl (C=O) groups excluding carboxylic acids is 2. The number of hydrogen-bond acceptors (Lipinski definition) is 4. The van der Waals surface area contributed by atoms with Gasteiger partial charge in [-0.15, -0.1) is 0 Å². The van der Waals surface area contributed by atoms with E-state index in [1.807, 2.05) is 34.6 Å². The Kier molecular flexibility index (Phi) is 20.3. The summed E-state index contributed by atoms with van der Waals surface area (Å²) in [5, 5.41) is 2.71. The summed E-state index contributed by atoms with van der Waals surface area (Å²) >= 11 is 0. The molecule has 0 aliphatic heterocycles. The van der Waals surface area contributed by atoms with Gasteiger partial charge in [0.15, 0.2) is 0 Å². The molecular weight excluding hydrogens is 426 g/mol. The summed E-state index contributed by atoms with van der Waals surface area (Å²) in [5.74, 6) is -0.358. The fraction of sp³-hybridized carbons (Fsp3) is 0.931. The second kappa shape index (κ2) is 21.1. The molecule has 1 amide bonds. The minimum atomic E-state index is -0.659. The largest absolute Gasteiger partial charge is 0.464 e. The molecule has 0 bridgehead atoms. The van der Waals surface area contributed by atoms with E-state index in [1.165, 1.54) is 83.5 Å². The molecule has 0 saturated carbocycles. The summed E-state index contributed by atoms with van der Waals surface area (Å²) in [7, 11) is 0. The first-order chi connectivity index (χ1) is 16.2. The molecule has 0 aromatic rings. The minimum absolute atomic E-state index is 0.00394. The number of ether oxygens (including phenoxy) is 2. The van der Waals surface area contributed by atoms with Crippen LogP contribution in [-0.2, 0) is 14.3 Å². The van der Waals surface area contributed by atoms with Crippen molar-refractivity contribution < 1.29 is 19.1 Å². The third kappa shape index (κ3) is 20.1. The Balaban J connectivity index is 3.79. The summed E-state index contributed by atoms with van der Waals surface area (Å²) in [5.41, 5.74) is -0.114. The standard InChI is InChI=1S/C29H57NO4/c1-7-9-10-11-12-13-14-15-16-17-18-19-20-21-22-23-33-27(31)26(25(3)8-2)30-28(32)34-24-29(4,5)6/h25-26H,7-24H2,1-6H3,(H,30,32). The third-order valence-electron chi connectivity index (χ3n) is 6.37. The lowest BCUT2D eigenvalue weighted by atomic mass is 9.98. The van der Waals surface area contributed by atoms with E-state index in [-0.39, 0.29) is 17.3 Å². The molecule has 202 valence electrons. The fourth-order valence-electron chi connectivity index (χ4n) is 3.86. The lowest BCUT2D eigenvalue weighted by Gasteiger charge is -2.24. The van der Waals surface area contributed by atoms with E-state index in [4.69, 9.17) is 9.47 Å². The summed E-state index contributed by atoms with van der Waals surface area (Å²) in [6.07, 6.45) is 19.9. The van der Waals surface area contributed by atoms with E-state index < -0.39 is 12.1 Å². The number of nitrogens with one attached hydrogen (secondary N) is 1. The first kappa shape index (κ1) is 32.7. The van der Waals surface area contributed by atoms with Crippen molar-refractivity contribution in [1.82, 2.24) is 5.32 Å². The zero-order valence-corrected chi connectivity index (χ0v) is 23.5. The lowest BCUT2D eigenvalue weighted by Crippen LogP contribution is -2.46. The van der Waals surface area contributed by atoms with E-state index in [1.54, 1.807) is 0 Å². The molecular formula is C29H57NO4. The van der Waals surface area contributed by atoms with Crippen molar-refractivity contribution in [3.63, 3.8) is 0 Å².